The van der Waals surface area contributed by atoms with Crippen LogP contribution in [0, 0.1) is 0 Å². The maximum Gasteiger partial charge on any atom is 0.248 e. The zero-order valence-corrected chi connectivity index (χ0v) is 12.4. The summed E-state index contributed by atoms with van der Waals surface area (Å²) in [6.45, 7) is -0.0389. The molecule has 2 aromatic rings. The number of benzene rings is 1. The van der Waals surface area contributed by atoms with Crippen LogP contribution in [0.4, 0.5) is 5.69 Å². The summed E-state index contributed by atoms with van der Waals surface area (Å²) in [6.07, 6.45) is 3.25. The molecule has 0 unspecified atom stereocenters. The molecule has 0 fully saturated rings. The lowest BCUT2D eigenvalue weighted by molar-refractivity contribution is -0.111. The molecule has 0 saturated carbocycles. The number of carbonyl (C=O) groups is 1. The van der Waals surface area contributed by atoms with E-state index in [4.69, 9.17) is 5.11 Å². The Balaban J connectivity index is 1.99. The first-order valence-electron chi connectivity index (χ1n) is 5.60. The second kappa shape index (κ2) is 6.65. The molecule has 1 aromatic carbocycles. The molecule has 0 aliphatic carbocycles. The minimum absolute atomic E-state index is 0.0389. The molecule has 0 aliphatic rings. The van der Waals surface area contributed by atoms with Gasteiger partial charge in [-0.2, -0.15) is 0 Å². The number of hydrogen-bond acceptors (Lipinski definition) is 3. The van der Waals surface area contributed by atoms with Crippen LogP contribution in [-0.4, -0.2) is 11.0 Å². The molecule has 0 bridgehead atoms. The van der Waals surface area contributed by atoms with Gasteiger partial charge in [-0.05, 0) is 45.8 Å². The lowest BCUT2D eigenvalue weighted by Gasteiger charge is -2.03. The summed E-state index contributed by atoms with van der Waals surface area (Å²) >= 11 is 4.92. The van der Waals surface area contributed by atoms with Crippen molar-refractivity contribution >= 4 is 44.9 Å². The van der Waals surface area contributed by atoms with Crippen LogP contribution in [-0.2, 0) is 11.4 Å². The fourth-order valence-electron chi connectivity index (χ4n) is 1.50. The molecule has 0 saturated heterocycles. The van der Waals surface area contributed by atoms with Gasteiger partial charge in [0.15, 0.2) is 0 Å². The second-order valence-corrected chi connectivity index (χ2v) is 5.71. The van der Waals surface area contributed by atoms with Crippen molar-refractivity contribution in [2.24, 2.45) is 0 Å². The largest absolute Gasteiger partial charge is 0.392 e. The minimum Gasteiger partial charge on any atom is -0.392 e. The summed E-state index contributed by atoms with van der Waals surface area (Å²) in [7, 11) is 0. The molecule has 98 valence electrons. The molecule has 5 heteroatoms. The van der Waals surface area contributed by atoms with E-state index in [2.05, 4.69) is 21.2 Å². The molecule has 1 aromatic heterocycles. The van der Waals surface area contributed by atoms with E-state index in [0.29, 0.717) is 5.69 Å². The number of halogens is 1. The highest BCUT2D eigenvalue weighted by Crippen LogP contribution is 2.20. The number of carbonyl (C=O) groups excluding carboxylic acids is 1. The highest BCUT2D eigenvalue weighted by molar-refractivity contribution is 9.10. The Bertz CT molecular complexity index is 607. The smallest absolute Gasteiger partial charge is 0.248 e. The highest BCUT2D eigenvalue weighted by atomic mass is 79.9. The summed E-state index contributed by atoms with van der Waals surface area (Å²) in [4.78, 5) is 12.7. The van der Waals surface area contributed by atoms with Crippen LogP contribution in [0.3, 0.4) is 0 Å². The summed E-state index contributed by atoms with van der Waals surface area (Å²) in [5.74, 6) is -0.195. The van der Waals surface area contributed by atoms with Crippen LogP contribution < -0.4 is 5.32 Å². The van der Waals surface area contributed by atoms with Crippen LogP contribution in [0.1, 0.15) is 10.4 Å². The van der Waals surface area contributed by atoms with Crippen molar-refractivity contribution in [3.63, 3.8) is 0 Å². The molecule has 1 heterocycles. The van der Waals surface area contributed by atoms with Gasteiger partial charge in [-0.3, -0.25) is 4.79 Å². The molecule has 0 aliphatic heterocycles. The van der Waals surface area contributed by atoms with Crippen molar-refractivity contribution in [1.82, 2.24) is 0 Å². The zero-order chi connectivity index (χ0) is 13.7. The van der Waals surface area contributed by atoms with Gasteiger partial charge in [0, 0.05) is 26.5 Å². The minimum atomic E-state index is -0.195. The Hall–Kier alpha value is -1.43. The first-order chi connectivity index (χ1) is 9.17. The van der Waals surface area contributed by atoms with Crippen LogP contribution in [0.15, 0.2) is 46.3 Å². The second-order valence-electron chi connectivity index (χ2n) is 3.85. The number of aliphatic hydroxyl groups excluding tert-OH is 1. The van der Waals surface area contributed by atoms with E-state index in [9.17, 15) is 4.79 Å². The van der Waals surface area contributed by atoms with Crippen molar-refractivity contribution in [2.45, 2.75) is 6.61 Å². The molecule has 19 heavy (non-hydrogen) atoms. The van der Waals surface area contributed by atoms with Gasteiger partial charge in [0.25, 0.3) is 0 Å². The van der Waals surface area contributed by atoms with E-state index < -0.39 is 0 Å². The Kier molecular flexibility index (Phi) is 4.90. The van der Waals surface area contributed by atoms with E-state index in [-0.39, 0.29) is 12.5 Å². The van der Waals surface area contributed by atoms with Crippen molar-refractivity contribution in [3.8, 4) is 0 Å². The highest BCUT2D eigenvalue weighted by Gasteiger charge is 1.99. The summed E-state index contributed by atoms with van der Waals surface area (Å²) < 4.78 is 1.01. The number of rotatable bonds is 4. The molecule has 2 N–H and O–H groups in total. The normalized spacial score (nSPS) is 10.8. The maximum atomic E-state index is 11.7. The average Bonchev–Trinajstić information content (AvgIpc) is 2.82. The van der Waals surface area contributed by atoms with Gasteiger partial charge in [0.2, 0.25) is 5.91 Å². The van der Waals surface area contributed by atoms with E-state index >= 15 is 0 Å². The third-order valence-electron chi connectivity index (χ3n) is 2.36. The van der Waals surface area contributed by atoms with Crippen LogP contribution in [0.5, 0.6) is 0 Å². The lowest BCUT2D eigenvalue weighted by atomic mass is 10.2. The SMILES string of the molecule is O=C(/C=C/c1cc(Br)cs1)Nc1cccc(CO)c1. The van der Waals surface area contributed by atoms with Crippen LogP contribution in [0.2, 0.25) is 0 Å². The first-order valence-corrected chi connectivity index (χ1v) is 7.27. The lowest BCUT2D eigenvalue weighted by Crippen LogP contribution is -2.07. The summed E-state index contributed by atoms with van der Waals surface area (Å²) in [5, 5.41) is 13.7. The number of anilines is 1. The summed E-state index contributed by atoms with van der Waals surface area (Å²) in [5.41, 5.74) is 1.44. The standard InChI is InChI=1S/C14H12BrNO2S/c15-11-7-13(19-9-11)4-5-14(18)16-12-3-1-2-10(6-12)8-17/h1-7,9,17H,8H2,(H,16,18)/b5-4+. The third-order valence-corrected chi connectivity index (χ3v) is 4.02. The number of thiophene rings is 1. The van der Waals surface area contributed by atoms with Gasteiger partial charge in [0.05, 0.1) is 6.61 Å². The van der Waals surface area contributed by atoms with Crippen molar-refractivity contribution < 1.29 is 9.90 Å². The number of amides is 1. The molecule has 0 atom stereocenters. The topological polar surface area (TPSA) is 49.3 Å². The maximum absolute atomic E-state index is 11.7. The molecule has 3 nitrogen and oxygen atoms in total. The fourth-order valence-corrected chi connectivity index (χ4v) is 2.84. The fraction of sp³-hybridized carbons (Fsp3) is 0.0714. The first kappa shape index (κ1) is 14.0. The Morgan fingerprint density at radius 3 is 2.95 bits per heavy atom. The molecule has 2 rings (SSSR count). The van der Waals surface area contributed by atoms with Crippen molar-refractivity contribution in [1.29, 1.82) is 0 Å². The van der Waals surface area contributed by atoms with E-state index in [1.807, 2.05) is 11.4 Å². The Morgan fingerprint density at radius 2 is 2.26 bits per heavy atom. The molecule has 0 spiro atoms. The quantitative estimate of drug-likeness (QED) is 0.836. The van der Waals surface area contributed by atoms with Crippen molar-refractivity contribution in [3.05, 3.63) is 56.7 Å². The van der Waals surface area contributed by atoms with Crippen LogP contribution >= 0.6 is 27.3 Å². The molecule has 0 radical (unpaired) electrons. The monoisotopic (exact) mass is 337 g/mol. The van der Waals surface area contributed by atoms with Gasteiger partial charge in [-0.15, -0.1) is 11.3 Å². The van der Waals surface area contributed by atoms with Gasteiger partial charge in [-0.25, -0.2) is 0 Å². The molecule has 1 amide bonds. The van der Waals surface area contributed by atoms with Gasteiger partial charge >= 0.3 is 0 Å². The third kappa shape index (κ3) is 4.31. The molecular formula is C14H12BrNO2S. The number of aliphatic hydroxyl groups is 1. The van der Waals surface area contributed by atoms with E-state index in [1.54, 1.807) is 41.7 Å². The van der Waals surface area contributed by atoms with Crippen molar-refractivity contribution in [2.75, 3.05) is 5.32 Å². The van der Waals surface area contributed by atoms with E-state index in [1.165, 1.54) is 6.08 Å². The Labute approximate surface area is 123 Å². The van der Waals surface area contributed by atoms with Gasteiger partial charge in [-0.1, -0.05) is 12.1 Å². The van der Waals surface area contributed by atoms with Gasteiger partial charge in [0.1, 0.15) is 0 Å². The van der Waals surface area contributed by atoms with E-state index in [0.717, 1.165) is 14.9 Å². The zero-order valence-electron chi connectivity index (χ0n) is 9.97. The molecular weight excluding hydrogens is 326 g/mol. The van der Waals surface area contributed by atoms with Gasteiger partial charge < -0.3 is 10.4 Å². The van der Waals surface area contributed by atoms with Crippen LogP contribution in [0.25, 0.3) is 6.08 Å². The predicted octanol–water partition coefficient (Wildman–Crippen LogP) is 3.65. The summed E-state index contributed by atoms with van der Waals surface area (Å²) in [6, 6.07) is 9.07. The number of hydrogen-bond donors (Lipinski definition) is 2. The number of nitrogens with one attached hydrogen (secondary N) is 1. The Morgan fingerprint density at radius 1 is 1.42 bits per heavy atom. The average molecular weight is 338 g/mol. The predicted molar refractivity (Wildman–Crippen MR) is 82.0 cm³/mol.